The number of anilines is 2. The van der Waals surface area contributed by atoms with Crippen molar-refractivity contribution in [3.63, 3.8) is 0 Å². The summed E-state index contributed by atoms with van der Waals surface area (Å²) in [7, 11) is 1.60. The molecule has 5 nitrogen and oxygen atoms in total. The monoisotopic (exact) mass is 372 g/mol. The largest absolute Gasteiger partial charge is 0.451 e. The number of aliphatic hydroxyl groups excluding tert-OH is 1. The lowest BCUT2D eigenvalue weighted by atomic mass is 10.0. The molecule has 1 aliphatic rings. The summed E-state index contributed by atoms with van der Waals surface area (Å²) >= 11 is 6.00. The van der Waals surface area contributed by atoms with Gasteiger partial charge in [0.1, 0.15) is 5.82 Å². The van der Waals surface area contributed by atoms with Crippen LogP contribution in [0.4, 0.5) is 24.7 Å². The van der Waals surface area contributed by atoms with Crippen molar-refractivity contribution < 1.29 is 18.3 Å². The molecule has 1 aromatic carbocycles. The van der Waals surface area contributed by atoms with Gasteiger partial charge in [-0.1, -0.05) is 11.6 Å². The van der Waals surface area contributed by atoms with E-state index in [2.05, 4.69) is 15.3 Å². The summed E-state index contributed by atoms with van der Waals surface area (Å²) in [5, 5.41) is 12.8. The number of nitrogens with one attached hydrogen (secondary N) is 1. The number of hydrogen-bond donors (Lipinski definition) is 2. The van der Waals surface area contributed by atoms with Crippen molar-refractivity contribution in [3.8, 4) is 11.3 Å². The summed E-state index contributed by atoms with van der Waals surface area (Å²) in [6, 6.07) is 4.93. The lowest BCUT2D eigenvalue weighted by molar-refractivity contribution is -0.144. The molecule has 1 aromatic heterocycles. The highest BCUT2D eigenvalue weighted by Gasteiger charge is 2.37. The molecule has 0 fully saturated rings. The van der Waals surface area contributed by atoms with Gasteiger partial charge in [-0.3, -0.25) is 0 Å². The molecule has 0 aliphatic carbocycles. The molecule has 0 spiro atoms. The Balaban J connectivity index is 2.27. The number of aromatic nitrogens is 2. The molecule has 134 valence electrons. The second-order valence-corrected chi connectivity index (χ2v) is 6.14. The van der Waals surface area contributed by atoms with E-state index in [1.165, 1.54) is 4.90 Å². The molecule has 0 saturated carbocycles. The van der Waals surface area contributed by atoms with Gasteiger partial charge in [0.25, 0.3) is 0 Å². The number of likely N-dealkylation sites (N-methyl/N-ethyl adjacent to an activating group) is 1. The molecular weight excluding hydrogens is 357 g/mol. The second kappa shape index (κ2) is 6.68. The number of fused-ring (bicyclic) bond motifs is 3. The Hall–Kier alpha value is -2.06. The van der Waals surface area contributed by atoms with Crippen LogP contribution in [0.25, 0.3) is 11.3 Å². The number of halogens is 4. The third kappa shape index (κ3) is 3.50. The van der Waals surface area contributed by atoms with Crippen molar-refractivity contribution in [2.75, 3.05) is 37.0 Å². The van der Waals surface area contributed by atoms with Crippen molar-refractivity contribution in [2.45, 2.75) is 12.6 Å². The van der Waals surface area contributed by atoms with E-state index in [9.17, 15) is 13.2 Å². The minimum Gasteiger partial charge on any atom is -0.395 e. The molecule has 0 amide bonds. The number of benzene rings is 1. The van der Waals surface area contributed by atoms with Crippen LogP contribution in [0.1, 0.15) is 11.4 Å². The van der Waals surface area contributed by atoms with Crippen LogP contribution in [-0.2, 0) is 12.6 Å². The third-order valence-electron chi connectivity index (χ3n) is 3.96. The third-order valence-corrected chi connectivity index (χ3v) is 4.20. The van der Waals surface area contributed by atoms with Gasteiger partial charge in [0.2, 0.25) is 5.82 Å². The zero-order valence-corrected chi connectivity index (χ0v) is 14.1. The molecule has 0 radical (unpaired) electrons. The maximum atomic E-state index is 13.3. The molecule has 9 heteroatoms. The van der Waals surface area contributed by atoms with Gasteiger partial charge >= 0.3 is 6.18 Å². The molecule has 3 rings (SSSR count). The second-order valence-electron chi connectivity index (χ2n) is 5.71. The van der Waals surface area contributed by atoms with Gasteiger partial charge in [0.05, 0.1) is 12.3 Å². The van der Waals surface area contributed by atoms with Crippen molar-refractivity contribution >= 4 is 23.1 Å². The fourth-order valence-corrected chi connectivity index (χ4v) is 2.99. The first-order valence-electron chi connectivity index (χ1n) is 7.65. The van der Waals surface area contributed by atoms with Crippen LogP contribution >= 0.6 is 11.6 Å². The van der Waals surface area contributed by atoms with Crippen molar-refractivity contribution in [1.82, 2.24) is 9.97 Å². The highest BCUT2D eigenvalue weighted by atomic mass is 35.5. The molecule has 0 saturated heterocycles. The van der Waals surface area contributed by atoms with Gasteiger partial charge in [-0.15, -0.1) is 0 Å². The quantitative estimate of drug-likeness (QED) is 0.866. The van der Waals surface area contributed by atoms with Crippen LogP contribution in [0.3, 0.4) is 0 Å². The lowest BCUT2D eigenvalue weighted by Crippen LogP contribution is -2.26. The number of hydrogen-bond acceptors (Lipinski definition) is 5. The fraction of sp³-hybridized carbons (Fsp3) is 0.375. The lowest BCUT2D eigenvalue weighted by Gasteiger charge is -2.22. The summed E-state index contributed by atoms with van der Waals surface area (Å²) in [4.78, 5) is 9.05. The first-order chi connectivity index (χ1) is 11.8. The zero-order valence-electron chi connectivity index (χ0n) is 13.4. The summed E-state index contributed by atoms with van der Waals surface area (Å²) < 4.78 is 39.9. The first kappa shape index (κ1) is 17.8. The zero-order chi connectivity index (χ0) is 18.2. The SMILES string of the molecule is CN(CCO)c1nc(C(F)(F)F)nc2c1CCNc1cc(Cl)ccc1-2. The highest BCUT2D eigenvalue weighted by molar-refractivity contribution is 6.31. The van der Waals surface area contributed by atoms with Crippen LogP contribution in [0.15, 0.2) is 18.2 Å². The van der Waals surface area contributed by atoms with Crippen molar-refractivity contribution in [1.29, 1.82) is 0 Å². The Kier molecular flexibility index (Phi) is 4.75. The van der Waals surface area contributed by atoms with Gasteiger partial charge in [-0.2, -0.15) is 13.2 Å². The predicted octanol–water partition coefficient (Wildman–Crippen LogP) is 3.21. The Morgan fingerprint density at radius 2 is 2.08 bits per heavy atom. The molecule has 25 heavy (non-hydrogen) atoms. The van der Waals surface area contributed by atoms with Crippen LogP contribution in [0.2, 0.25) is 5.02 Å². The van der Waals surface area contributed by atoms with E-state index in [0.717, 1.165) is 0 Å². The van der Waals surface area contributed by atoms with Gasteiger partial charge < -0.3 is 15.3 Å². The minimum atomic E-state index is -4.67. The summed E-state index contributed by atoms with van der Waals surface area (Å²) in [5.41, 5.74) is 2.02. The van der Waals surface area contributed by atoms with E-state index in [0.29, 0.717) is 34.8 Å². The number of alkyl halides is 3. The average molecular weight is 373 g/mol. The average Bonchev–Trinajstić information content (AvgIpc) is 2.72. The van der Waals surface area contributed by atoms with Gasteiger partial charge in [-0.05, 0) is 24.6 Å². The molecule has 0 unspecified atom stereocenters. The number of aliphatic hydroxyl groups is 1. The predicted molar refractivity (Wildman–Crippen MR) is 90.0 cm³/mol. The standard InChI is InChI=1S/C16H16ClF3N4O/c1-24(6-7-25)14-11-4-5-21-12-8-9(17)2-3-10(12)13(11)22-15(23-14)16(18,19)20/h2-3,8,21,25H,4-7H2,1H3. The van der Waals surface area contributed by atoms with Crippen LogP contribution in [0.5, 0.6) is 0 Å². The molecule has 0 atom stereocenters. The van der Waals surface area contributed by atoms with E-state index in [1.54, 1.807) is 25.2 Å². The van der Waals surface area contributed by atoms with Crippen LogP contribution < -0.4 is 10.2 Å². The molecule has 0 bridgehead atoms. The van der Waals surface area contributed by atoms with Gasteiger partial charge in [-0.25, -0.2) is 9.97 Å². The Bertz CT molecular complexity index is 798. The maximum absolute atomic E-state index is 13.3. The van der Waals surface area contributed by atoms with Crippen molar-refractivity contribution in [3.05, 3.63) is 34.6 Å². The Labute approximate surface area is 147 Å². The fourth-order valence-electron chi connectivity index (χ4n) is 2.81. The Morgan fingerprint density at radius 3 is 2.76 bits per heavy atom. The summed E-state index contributed by atoms with van der Waals surface area (Å²) in [5.74, 6) is -1.02. The molecule has 1 aliphatic heterocycles. The topological polar surface area (TPSA) is 61.3 Å². The summed E-state index contributed by atoms with van der Waals surface area (Å²) in [6.07, 6.45) is -4.22. The normalized spacial score (nSPS) is 13.5. The van der Waals surface area contributed by atoms with E-state index in [1.807, 2.05) is 0 Å². The van der Waals surface area contributed by atoms with Gasteiger partial charge in [0.15, 0.2) is 0 Å². The first-order valence-corrected chi connectivity index (χ1v) is 8.03. The molecular formula is C16H16ClF3N4O. The van der Waals surface area contributed by atoms with E-state index in [-0.39, 0.29) is 24.7 Å². The van der Waals surface area contributed by atoms with E-state index < -0.39 is 12.0 Å². The maximum Gasteiger partial charge on any atom is 0.451 e. The van der Waals surface area contributed by atoms with Crippen molar-refractivity contribution in [2.24, 2.45) is 0 Å². The van der Waals surface area contributed by atoms with Crippen LogP contribution in [-0.4, -0.2) is 41.8 Å². The Morgan fingerprint density at radius 1 is 1.32 bits per heavy atom. The van der Waals surface area contributed by atoms with Gasteiger partial charge in [0, 0.05) is 42.0 Å². The number of nitrogens with zero attached hydrogens (tertiary/aromatic N) is 3. The highest BCUT2D eigenvalue weighted by Crippen LogP contribution is 2.39. The number of rotatable bonds is 3. The van der Waals surface area contributed by atoms with E-state index in [4.69, 9.17) is 16.7 Å². The van der Waals surface area contributed by atoms with Crippen LogP contribution in [0, 0.1) is 0 Å². The molecule has 2 heterocycles. The smallest absolute Gasteiger partial charge is 0.395 e. The van der Waals surface area contributed by atoms with E-state index >= 15 is 0 Å². The minimum absolute atomic E-state index is 0.168. The summed E-state index contributed by atoms with van der Waals surface area (Å²) in [6.45, 7) is 0.484. The molecule has 2 aromatic rings. The molecule has 2 N–H and O–H groups in total.